The highest BCUT2D eigenvalue weighted by molar-refractivity contribution is 8.03. The maximum absolute atomic E-state index is 12.9. The Morgan fingerprint density at radius 2 is 2.06 bits per heavy atom. The predicted molar refractivity (Wildman–Crippen MR) is 78.8 cm³/mol. The van der Waals surface area contributed by atoms with Gasteiger partial charge in [-0.25, -0.2) is 4.39 Å². The van der Waals surface area contributed by atoms with Crippen molar-refractivity contribution in [1.29, 1.82) is 0 Å². The molecule has 0 aliphatic carbocycles. The van der Waals surface area contributed by atoms with Crippen LogP contribution in [0.3, 0.4) is 0 Å². The predicted octanol–water partition coefficient (Wildman–Crippen LogP) is 3.45. The van der Waals surface area contributed by atoms with Crippen molar-refractivity contribution in [1.82, 2.24) is 5.32 Å². The number of rotatable bonds is 6. The lowest BCUT2D eigenvalue weighted by atomic mass is 10.1. The molecule has 0 fully saturated rings. The molecule has 0 saturated heterocycles. The van der Waals surface area contributed by atoms with Crippen molar-refractivity contribution in [3.8, 4) is 0 Å². The molecule has 1 aromatic rings. The summed E-state index contributed by atoms with van der Waals surface area (Å²) >= 11 is 1.76. The zero-order valence-corrected chi connectivity index (χ0v) is 11.9. The van der Waals surface area contributed by atoms with E-state index < -0.39 is 0 Å². The van der Waals surface area contributed by atoms with Crippen molar-refractivity contribution in [3.05, 3.63) is 46.6 Å². The van der Waals surface area contributed by atoms with Gasteiger partial charge < -0.3 is 5.32 Å². The highest BCUT2D eigenvalue weighted by Gasteiger charge is 2.06. The van der Waals surface area contributed by atoms with Gasteiger partial charge in [0, 0.05) is 25.1 Å². The average Bonchev–Trinajstić information content (AvgIpc) is 2.40. The molecule has 0 atom stereocenters. The van der Waals surface area contributed by atoms with Crippen LogP contribution in [-0.4, -0.2) is 25.7 Å². The normalized spacial score (nSPS) is 12.9. The number of nitrogens with one attached hydrogen (secondary N) is 1. The van der Waals surface area contributed by atoms with E-state index in [1.165, 1.54) is 17.0 Å². The van der Waals surface area contributed by atoms with E-state index in [1.807, 2.05) is 14.0 Å². The number of aliphatic imine (C=N–C) groups is 1. The molecule has 1 aromatic carbocycles. The Kier molecular flexibility index (Phi) is 6.68. The van der Waals surface area contributed by atoms with Gasteiger partial charge >= 0.3 is 0 Å². The molecule has 2 nitrogen and oxygen atoms in total. The summed E-state index contributed by atoms with van der Waals surface area (Å²) in [4.78, 5) is 5.56. The molecular formula is C14H19FN2S. The molecule has 0 radical (unpaired) electrons. The number of allylic oxidation sites excluding steroid dienone is 2. The zero-order valence-electron chi connectivity index (χ0n) is 11.0. The van der Waals surface area contributed by atoms with Gasteiger partial charge in [-0.2, -0.15) is 0 Å². The molecule has 18 heavy (non-hydrogen) atoms. The summed E-state index contributed by atoms with van der Waals surface area (Å²) in [6.07, 6.45) is 2.88. The van der Waals surface area contributed by atoms with Crippen LogP contribution in [-0.2, 0) is 0 Å². The Bertz CT molecular complexity index is 424. The summed E-state index contributed by atoms with van der Waals surface area (Å²) in [5, 5.41) is 3.10. The molecule has 0 saturated carbocycles. The first-order chi connectivity index (χ1) is 8.71. The maximum Gasteiger partial charge on any atom is 0.123 e. The van der Waals surface area contributed by atoms with Gasteiger partial charge in [0.15, 0.2) is 0 Å². The highest BCUT2D eigenvalue weighted by atomic mass is 32.2. The summed E-state index contributed by atoms with van der Waals surface area (Å²) in [5.74, 6) is 0.658. The van der Waals surface area contributed by atoms with E-state index in [0.717, 1.165) is 23.6 Å². The molecule has 0 aliphatic rings. The first-order valence-corrected chi connectivity index (χ1v) is 6.84. The van der Waals surface area contributed by atoms with Crippen molar-refractivity contribution in [3.63, 3.8) is 0 Å². The van der Waals surface area contributed by atoms with Crippen LogP contribution in [0.15, 0.2) is 40.2 Å². The van der Waals surface area contributed by atoms with E-state index in [1.54, 1.807) is 30.9 Å². The molecule has 0 bridgehead atoms. The van der Waals surface area contributed by atoms with Crippen LogP contribution >= 0.6 is 11.8 Å². The molecule has 98 valence electrons. The van der Waals surface area contributed by atoms with E-state index >= 15 is 0 Å². The Morgan fingerprint density at radius 3 is 2.56 bits per heavy atom. The zero-order chi connectivity index (χ0) is 13.4. The van der Waals surface area contributed by atoms with E-state index in [2.05, 4.69) is 16.4 Å². The molecule has 0 aliphatic heterocycles. The summed E-state index contributed by atoms with van der Waals surface area (Å²) in [7, 11) is 3.70. The van der Waals surface area contributed by atoms with Gasteiger partial charge in [-0.15, -0.1) is 11.8 Å². The summed E-state index contributed by atoms with van der Waals surface area (Å²) in [6.45, 7) is 2.02. The third kappa shape index (κ3) is 4.63. The quantitative estimate of drug-likeness (QED) is 0.630. The van der Waals surface area contributed by atoms with E-state index in [-0.39, 0.29) is 5.82 Å². The number of halogens is 1. The Hall–Kier alpha value is -1.13. The summed E-state index contributed by atoms with van der Waals surface area (Å²) in [5.41, 5.74) is 1.95. The van der Waals surface area contributed by atoms with Gasteiger partial charge in [-0.1, -0.05) is 18.2 Å². The van der Waals surface area contributed by atoms with E-state index in [4.69, 9.17) is 0 Å². The molecule has 0 aromatic heterocycles. The smallest absolute Gasteiger partial charge is 0.123 e. The maximum atomic E-state index is 12.9. The molecule has 1 rings (SSSR count). The van der Waals surface area contributed by atoms with Crippen molar-refractivity contribution >= 4 is 17.5 Å². The number of benzene rings is 1. The lowest BCUT2D eigenvalue weighted by Crippen LogP contribution is -2.06. The molecule has 0 spiro atoms. The van der Waals surface area contributed by atoms with Crippen molar-refractivity contribution in [2.75, 3.05) is 20.0 Å². The molecule has 0 heterocycles. The lowest BCUT2D eigenvalue weighted by Gasteiger charge is -2.09. The molecule has 0 unspecified atom stereocenters. The summed E-state index contributed by atoms with van der Waals surface area (Å²) < 4.78 is 12.9. The van der Waals surface area contributed by atoms with Crippen LogP contribution in [0, 0.1) is 5.82 Å². The van der Waals surface area contributed by atoms with Gasteiger partial charge in [0.1, 0.15) is 5.82 Å². The highest BCUT2D eigenvalue weighted by Crippen LogP contribution is 2.21. The third-order valence-electron chi connectivity index (χ3n) is 2.51. The SMILES string of the molecule is C/C=C(/C/C(=N\C)c1ccc(F)cc1)SCNC. The summed E-state index contributed by atoms with van der Waals surface area (Å²) in [6, 6.07) is 6.48. The Morgan fingerprint density at radius 1 is 1.39 bits per heavy atom. The fourth-order valence-electron chi connectivity index (χ4n) is 1.52. The standard InChI is InChI=1S/C14H19FN2S/c1-4-13(18-10-16-2)9-14(17-3)11-5-7-12(15)8-6-11/h4-8,16H,9-10H2,1-3H3/b13-4-,17-14+. The molecule has 1 N–H and O–H groups in total. The lowest BCUT2D eigenvalue weighted by molar-refractivity contribution is 0.628. The largest absolute Gasteiger partial charge is 0.311 e. The minimum Gasteiger partial charge on any atom is -0.311 e. The van der Waals surface area contributed by atoms with Crippen LogP contribution < -0.4 is 5.32 Å². The van der Waals surface area contributed by atoms with Crippen molar-refractivity contribution < 1.29 is 4.39 Å². The number of thioether (sulfide) groups is 1. The third-order valence-corrected chi connectivity index (χ3v) is 3.70. The minimum absolute atomic E-state index is 0.218. The Balaban J connectivity index is 2.76. The first kappa shape index (κ1) is 14.9. The van der Waals surface area contributed by atoms with Gasteiger partial charge in [0.2, 0.25) is 0 Å². The van der Waals surface area contributed by atoms with Gasteiger partial charge in [-0.05, 0) is 36.6 Å². The van der Waals surface area contributed by atoms with Gasteiger partial charge in [0.05, 0.1) is 0 Å². The number of hydrogen-bond acceptors (Lipinski definition) is 3. The first-order valence-electron chi connectivity index (χ1n) is 5.85. The minimum atomic E-state index is -0.218. The van der Waals surface area contributed by atoms with Crippen molar-refractivity contribution in [2.45, 2.75) is 13.3 Å². The molecule has 0 amide bonds. The second-order valence-electron chi connectivity index (χ2n) is 3.75. The van der Waals surface area contributed by atoms with Crippen LogP contribution in [0.1, 0.15) is 18.9 Å². The topological polar surface area (TPSA) is 24.4 Å². The van der Waals surface area contributed by atoms with Crippen LogP contribution in [0.5, 0.6) is 0 Å². The second kappa shape index (κ2) is 8.06. The van der Waals surface area contributed by atoms with Gasteiger partial charge in [-0.3, -0.25) is 4.99 Å². The number of hydrogen-bond donors (Lipinski definition) is 1. The number of nitrogens with zero attached hydrogens (tertiary/aromatic N) is 1. The Labute approximate surface area is 112 Å². The van der Waals surface area contributed by atoms with Crippen LogP contribution in [0.4, 0.5) is 4.39 Å². The fourth-order valence-corrected chi connectivity index (χ4v) is 2.25. The fraction of sp³-hybridized carbons (Fsp3) is 0.357. The monoisotopic (exact) mass is 266 g/mol. The second-order valence-corrected chi connectivity index (χ2v) is 4.85. The molecule has 4 heteroatoms. The van der Waals surface area contributed by atoms with Gasteiger partial charge in [0.25, 0.3) is 0 Å². The van der Waals surface area contributed by atoms with E-state index in [9.17, 15) is 4.39 Å². The van der Waals surface area contributed by atoms with Crippen molar-refractivity contribution in [2.24, 2.45) is 4.99 Å². The molecular weight excluding hydrogens is 247 g/mol. The van der Waals surface area contributed by atoms with Crippen LogP contribution in [0.2, 0.25) is 0 Å². The van der Waals surface area contributed by atoms with Crippen LogP contribution in [0.25, 0.3) is 0 Å². The van der Waals surface area contributed by atoms with E-state index in [0.29, 0.717) is 0 Å². The average molecular weight is 266 g/mol.